The van der Waals surface area contributed by atoms with E-state index in [4.69, 9.17) is 4.42 Å². The zero-order valence-corrected chi connectivity index (χ0v) is 11.7. The fourth-order valence-electron chi connectivity index (χ4n) is 1.80. The van der Waals surface area contributed by atoms with E-state index in [0.717, 1.165) is 8.95 Å². The highest BCUT2D eigenvalue weighted by Crippen LogP contribution is 2.24. The molecule has 2 aromatic carbocycles. The van der Waals surface area contributed by atoms with Gasteiger partial charge in [-0.15, -0.1) is 0 Å². The summed E-state index contributed by atoms with van der Waals surface area (Å²) in [6.07, 6.45) is 0. The lowest BCUT2D eigenvalue weighted by Gasteiger charge is -2.02. The Morgan fingerprint density at radius 1 is 0.824 bits per heavy atom. The van der Waals surface area contributed by atoms with Crippen LogP contribution in [-0.2, 0) is 0 Å². The van der Waals surface area contributed by atoms with E-state index >= 15 is 0 Å². The van der Waals surface area contributed by atoms with Gasteiger partial charge in [0, 0.05) is 8.95 Å². The number of hydrogen-bond acceptors (Lipinski definition) is 2. The molecule has 0 aliphatic heterocycles. The van der Waals surface area contributed by atoms with Gasteiger partial charge in [-0.2, -0.15) is 0 Å². The van der Waals surface area contributed by atoms with Crippen LogP contribution in [0, 0.1) is 0 Å². The van der Waals surface area contributed by atoms with Crippen LogP contribution < -0.4 is 5.43 Å². The summed E-state index contributed by atoms with van der Waals surface area (Å²) in [5.74, 6) is 0. The number of fused-ring (bicyclic) bond motifs is 2. The quantitative estimate of drug-likeness (QED) is 0.558. The van der Waals surface area contributed by atoms with Crippen molar-refractivity contribution in [3.8, 4) is 0 Å². The summed E-state index contributed by atoms with van der Waals surface area (Å²) in [6.45, 7) is 0. The molecule has 4 heteroatoms. The van der Waals surface area contributed by atoms with E-state index < -0.39 is 0 Å². The molecule has 3 rings (SSSR count). The van der Waals surface area contributed by atoms with Crippen molar-refractivity contribution in [2.75, 3.05) is 0 Å². The third kappa shape index (κ3) is 1.81. The van der Waals surface area contributed by atoms with Gasteiger partial charge in [0.1, 0.15) is 11.2 Å². The fraction of sp³-hybridized carbons (Fsp3) is 0. The van der Waals surface area contributed by atoms with E-state index in [9.17, 15) is 4.79 Å². The Kier molecular flexibility index (Phi) is 2.56. The highest BCUT2D eigenvalue weighted by atomic mass is 79.9. The molecule has 0 N–H and O–H groups in total. The normalized spacial score (nSPS) is 11.2. The predicted molar refractivity (Wildman–Crippen MR) is 75.4 cm³/mol. The molecule has 0 radical (unpaired) electrons. The molecule has 0 atom stereocenters. The van der Waals surface area contributed by atoms with E-state index in [0.29, 0.717) is 21.9 Å². The van der Waals surface area contributed by atoms with Gasteiger partial charge in [0.2, 0.25) is 5.43 Å². The summed E-state index contributed by atoms with van der Waals surface area (Å²) in [7, 11) is 0. The van der Waals surface area contributed by atoms with Crippen molar-refractivity contribution in [2.45, 2.75) is 0 Å². The monoisotopic (exact) mass is 352 g/mol. The van der Waals surface area contributed by atoms with E-state index in [-0.39, 0.29) is 5.43 Å². The molecule has 0 bridgehead atoms. The van der Waals surface area contributed by atoms with E-state index in [1.807, 2.05) is 12.1 Å². The smallest absolute Gasteiger partial charge is 0.200 e. The second kappa shape index (κ2) is 3.96. The van der Waals surface area contributed by atoms with Gasteiger partial charge in [-0.05, 0) is 36.4 Å². The Bertz CT molecular complexity index is 727. The molecule has 0 saturated carbocycles. The van der Waals surface area contributed by atoms with Crippen LogP contribution in [0.5, 0.6) is 0 Å². The minimum atomic E-state index is 0.00116. The first-order chi connectivity index (χ1) is 8.15. The largest absolute Gasteiger partial charge is 0.456 e. The average molecular weight is 354 g/mol. The van der Waals surface area contributed by atoms with Crippen molar-refractivity contribution in [2.24, 2.45) is 0 Å². The van der Waals surface area contributed by atoms with Crippen LogP contribution in [0.2, 0.25) is 0 Å². The molecule has 1 aromatic heterocycles. The summed E-state index contributed by atoms with van der Waals surface area (Å²) in [5, 5.41) is 1.20. The second-order valence-electron chi connectivity index (χ2n) is 3.71. The van der Waals surface area contributed by atoms with E-state index in [1.54, 1.807) is 24.3 Å². The molecule has 0 aliphatic rings. The molecule has 2 nitrogen and oxygen atoms in total. The molecular formula is C13H6Br2O2. The summed E-state index contributed by atoms with van der Waals surface area (Å²) in [5.41, 5.74) is 1.19. The van der Waals surface area contributed by atoms with Crippen LogP contribution >= 0.6 is 31.9 Å². The lowest BCUT2D eigenvalue weighted by Crippen LogP contribution is -2.01. The van der Waals surface area contributed by atoms with Crippen LogP contribution in [0.25, 0.3) is 21.9 Å². The maximum absolute atomic E-state index is 12.2. The highest BCUT2D eigenvalue weighted by molar-refractivity contribution is 9.10. The van der Waals surface area contributed by atoms with Crippen molar-refractivity contribution >= 4 is 53.8 Å². The third-order valence-electron chi connectivity index (χ3n) is 2.60. The molecule has 0 unspecified atom stereocenters. The minimum Gasteiger partial charge on any atom is -0.456 e. The van der Waals surface area contributed by atoms with Gasteiger partial charge < -0.3 is 4.42 Å². The summed E-state index contributed by atoms with van der Waals surface area (Å²) >= 11 is 6.73. The first-order valence-corrected chi connectivity index (χ1v) is 6.55. The molecule has 3 aromatic rings. The Labute approximate surface area is 113 Å². The van der Waals surface area contributed by atoms with Gasteiger partial charge in [-0.1, -0.05) is 31.9 Å². The molecular weight excluding hydrogens is 348 g/mol. The van der Waals surface area contributed by atoms with Gasteiger partial charge >= 0.3 is 0 Å². The first kappa shape index (κ1) is 11.0. The molecule has 1 heterocycles. The summed E-state index contributed by atoms with van der Waals surface area (Å²) in [6, 6.07) is 10.8. The van der Waals surface area contributed by atoms with Crippen molar-refractivity contribution in [1.82, 2.24) is 0 Å². The topological polar surface area (TPSA) is 30.2 Å². The average Bonchev–Trinajstić information content (AvgIpc) is 2.28. The first-order valence-electron chi connectivity index (χ1n) is 4.97. The molecule has 0 amide bonds. The molecule has 17 heavy (non-hydrogen) atoms. The molecule has 0 spiro atoms. The van der Waals surface area contributed by atoms with Crippen molar-refractivity contribution in [3.05, 3.63) is 55.6 Å². The van der Waals surface area contributed by atoms with Gasteiger partial charge in [0.05, 0.1) is 10.8 Å². The van der Waals surface area contributed by atoms with Gasteiger partial charge in [-0.3, -0.25) is 4.79 Å². The van der Waals surface area contributed by atoms with E-state index in [1.165, 1.54) is 0 Å². The van der Waals surface area contributed by atoms with Crippen LogP contribution in [0.4, 0.5) is 0 Å². The summed E-state index contributed by atoms with van der Waals surface area (Å²) in [4.78, 5) is 12.2. The van der Waals surface area contributed by atoms with Crippen molar-refractivity contribution in [1.29, 1.82) is 0 Å². The second-order valence-corrected chi connectivity index (χ2v) is 5.54. The third-order valence-corrected chi connectivity index (χ3v) is 3.58. The standard InChI is InChI=1S/C13H6Br2O2/c14-7-1-3-9-11(5-7)17-12-6-8(15)2-4-10(12)13(9)16/h1-6H. The minimum absolute atomic E-state index is 0.00116. The number of halogens is 2. The maximum atomic E-state index is 12.2. The molecule has 0 fully saturated rings. The predicted octanol–water partition coefficient (Wildman–Crippen LogP) is 4.47. The van der Waals surface area contributed by atoms with Gasteiger partial charge in [0.25, 0.3) is 0 Å². The van der Waals surface area contributed by atoms with Crippen LogP contribution in [0.1, 0.15) is 0 Å². The lowest BCUT2D eigenvalue weighted by molar-refractivity contribution is 0.659. The van der Waals surface area contributed by atoms with Crippen molar-refractivity contribution in [3.63, 3.8) is 0 Å². The van der Waals surface area contributed by atoms with E-state index in [2.05, 4.69) is 31.9 Å². The zero-order valence-electron chi connectivity index (χ0n) is 8.54. The lowest BCUT2D eigenvalue weighted by atomic mass is 10.1. The Hall–Kier alpha value is -1.13. The van der Waals surface area contributed by atoms with Gasteiger partial charge in [-0.25, -0.2) is 0 Å². The molecule has 84 valence electrons. The van der Waals surface area contributed by atoms with Gasteiger partial charge in [0.15, 0.2) is 0 Å². The number of rotatable bonds is 0. The zero-order chi connectivity index (χ0) is 12.0. The maximum Gasteiger partial charge on any atom is 0.200 e. The number of benzene rings is 2. The van der Waals surface area contributed by atoms with Crippen molar-refractivity contribution < 1.29 is 4.42 Å². The van der Waals surface area contributed by atoms with Crippen LogP contribution in [0.3, 0.4) is 0 Å². The Morgan fingerprint density at radius 2 is 1.29 bits per heavy atom. The summed E-state index contributed by atoms with van der Waals surface area (Å²) < 4.78 is 7.51. The number of hydrogen-bond donors (Lipinski definition) is 0. The Balaban J connectivity index is 2.57. The highest BCUT2D eigenvalue weighted by Gasteiger charge is 2.07. The molecule has 0 aliphatic carbocycles. The van der Waals surface area contributed by atoms with Crippen LogP contribution in [-0.4, -0.2) is 0 Å². The Morgan fingerprint density at radius 3 is 1.76 bits per heavy atom. The van der Waals surface area contributed by atoms with Crippen LogP contribution in [0.15, 0.2) is 54.6 Å². The fourth-order valence-corrected chi connectivity index (χ4v) is 2.48. The molecule has 0 saturated heterocycles. The SMILES string of the molecule is O=c1c2ccc(Br)cc2oc2cc(Br)ccc12.